The van der Waals surface area contributed by atoms with Gasteiger partial charge in [-0.25, -0.2) is 13.5 Å². The number of aromatic nitrogens is 3. The number of nitrogens with zero attached hydrogens (tertiary/aromatic N) is 4. The Labute approximate surface area is 209 Å². The smallest absolute Gasteiger partial charge is 0.263 e. The summed E-state index contributed by atoms with van der Waals surface area (Å²) in [6, 6.07) is 10.5. The zero-order valence-corrected chi connectivity index (χ0v) is 20.4. The molecule has 0 N–H and O–H groups in total. The second kappa shape index (κ2) is 10.8. The fraction of sp³-hybridized carbons (Fsp3) is 0.393. The van der Waals surface area contributed by atoms with E-state index in [1.807, 2.05) is 19.1 Å². The van der Waals surface area contributed by atoms with Gasteiger partial charge in [-0.15, -0.1) is 0 Å². The van der Waals surface area contributed by atoms with Crippen molar-refractivity contribution in [1.82, 2.24) is 19.7 Å². The molecule has 0 spiro atoms. The fourth-order valence-corrected chi connectivity index (χ4v) is 5.03. The molecule has 1 unspecified atom stereocenters. The number of benzene rings is 1. The molecule has 36 heavy (non-hydrogen) atoms. The van der Waals surface area contributed by atoms with Crippen molar-refractivity contribution in [3.8, 4) is 5.69 Å². The van der Waals surface area contributed by atoms with Crippen LogP contribution in [0, 0.1) is 6.92 Å². The van der Waals surface area contributed by atoms with Crippen LogP contribution in [0.3, 0.4) is 0 Å². The number of Topliss-reactive ketones (excluding diaryl/α,β-unsaturated/α-hetero) is 1. The predicted molar refractivity (Wildman–Crippen MR) is 134 cm³/mol. The van der Waals surface area contributed by atoms with E-state index in [1.54, 1.807) is 23.0 Å². The molecule has 2 aromatic heterocycles. The van der Waals surface area contributed by atoms with Crippen molar-refractivity contribution in [2.24, 2.45) is 0 Å². The Kier molecular flexibility index (Phi) is 7.34. The van der Waals surface area contributed by atoms with Crippen LogP contribution in [0.25, 0.3) is 11.3 Å². The highest BCUT2D eigenvalue weighted by Gasteiger charge is 2.24. The molecule has 3 heterocycles. The molecular formula is C28H30F2N4O2. The Morgan fingerprint density at radius 2 is 1.89 bits per heavy atom. The number of rotatable bonds is 7. The van der Waals surface area contributed by atoms with Crippen LogP contribution in [0.1, 0.15) is 58.6 Å². The maximum Gasteiger partial charge on any atom is 0.263 e. The fourth-order valence-electron chi connectivity index (χ4n) is 5.03. The number of halogens is 2. The summed E-state index contributed by atoms with van der Waals surface area (Å²) in [4.78, 5) is 20.2. The second-order valence-electron chi connectivity index (χ2n) is 9.41. The molecular weight excluding hydrogens is 462 g/mol. The lowest BCUT2D eigenvalue weighted by Crippen LogP contribution is -2.43. The number of ether oxygens (including phenoxy) is 1. The Morgan fingerprint density at radius 3 is 2.53 bits per heavy atom. The molecule has 1 saturated heterocycles. The van der Waals surface area contributed by atoms with E-state index in [9.17, 15) is 13.6 Å². The molecule has 5 rings (SSSR count). The monoisotopic (exact) mass is 492 g/mol. The summed E-state index contributed by atoms with van der Waals surface area (Å²) in [6.45, 7) is 5.48. The van der Waals surface area contributed by atoms with Gasteiger partial charge in [0.15, 0.2) is 5.78 Å². The molecule has 0 radical (unpaired) electrons. The Balaban J connectivity index is 1.22. The minimum atomic E-state index is -2.52. The third-order valence-corrected chi connectivity index (χ3v) is 7.16. The molecule has 6 nitrogen and oxygen atoms in total. The van der Waals surface area contributed by atoms with Crippen LogP contribution in [0.4, 0.5) is 8.78 Å². The van der Waals surface area contributed by atoms with Gasteiger partial charge < -0.3 is 4.74 Å². The van der Waals surface area contributed by atoms with E-state index in [4.69, 9.17) is 4.74 Å². The zero-order valence-electron chi connectivity index (χ0n) is 20.4. The van der Waals surface area contributed by atoms with Gasteiger partial charge in [-0.1, -0.05) is 24.3 Å². The first-order valence-electron chi connectivity index (χ1n) is 12.4. The summed E-state index contributed by atoms with van der Waals surface area (Å²) >= 11 is 0. The number of hydrogen-bond donors (Lipinski definition) is 0. The van der Waals surface area contributed by atoms with Crippen molar-refractivity contribution in [3.63, 3.8) is 0 Å². The van der Waals surface area contributed by atoms with Crippen LogP contribution in [-0.2, 0) is 11.2 Å². The average molecular weight is 493 g/mol. The first-order chi connectivity index (χ1) is 17.5. The molecule has 0 amide bonds. The summed E-state index contributed by atoms with van der Waals surface area (Å²) in [5.41, 5.74) is 4.88. The lowest BCUT2D eigenvalue weighted by molar-refractivity contribution is 0.0150. The first kappa shape index (κ1) is 24.5. The Morgan fingerprint density at radius 1 is 1.11 bits per heavy atom. The summed E-state index contributed by atoms with van der Waals surface area (Å²) in [5, 5.41) is 4.31. The molecule has 1 aliphatic carbocycles. The quantitative estimate of drug-likeness (QED) is 0.424. The normalized spacial score (nSPS) is 18.9. The van der Waals surface area contributed by atoms with Crippen LogP contribution < -0.4 is 0 Å². The van der Waals surface area contributed by atoms with E-state index in [2.05, 4.69) is 21.1 Å². The second-order valence-corrected chi connectivity index (χ2v) is 9.41. The SMILES string of the molecule is Cc1c(C(=O)Cc2ccc(C3=CCC(N4CCOCC4)CC3)nc2)cnn1-c1ccc(C(F)F)cc1. The van der Waals surface area contributed by atoms with E-state index >= 15 is 0 Å². The highest BCUT2D eigenvalue weighted by atomic mass is 19.3. The topological polar surface area (TPSA) is 60.3 Å². The number of carbonyl (C=O) groups excluding carboxylic acids is 1. The summed E-state index contributed by atoms with van der Waals surface area (Å²) in [5.74, 6) is -0.0530. The summed E-state index contributed by atoms with van der Waals surface area (Å²) in [7, 11) is 0. The molecule has 1 aromatic carbocycles. The van der Waals surface area contributed by atoms with E-state index in [1.165, 1.54) is 23.9 Å². The predicted octanol–water partition coefficient (Wildman–Crippen LogP) is 5.21. The third kappa shape index (κ3) is 5.29. The number of pyridine rings is 1. The van der Waals surface area contributed by atoms with Crippen molar-refractivity contribution in [2.45, 2.75) is 45.1 Å². The minimum absolute atomic E-state index is 0.0447. The number of carbonyl (C=O) groups is 1. The van der Waals surface area contributed by atoms with Gasteiger partial charge in [-0.05, 0) is 55.5 Å². The molecule has 8 heteroatoms. The minimum Gasteiger partial charge on any atom is -0.379 e. The largest absolute Gasteiger partial charge is 0.379 e. The van der Waals surface area contributed by atoms with Gasteiger partial charge in [0, 0.05) is 37.3 Å². The van der Waals surface area contributed by atoms with Crippen molar-refractivity contribution in [1.29, 1.82) is 0 Å². The van der Waals surface area contributed by atoms with Gasteiger partial charge in [0.05, 0.1) is 42.0 Å². The van der Waals surface area contributed by atoms with Crippen LogP contribution in [0.15, 0.2) is 54.9 Å². The average Bonchev–Trinajstić information content (AvgIpc) is 3.31. The standard InChI is InChI=1S/C28H30F2N4O2/c1-19-25(18-32-34(19)24-9-5-22(6-10-24)28(29)30)27(35)16-20-2-11-26(31-17-20)21-3-7-23(8-4-21)33-12-14-36-15-13-33/h2-3,5-6,9-11,17-18,23,28H,4,7-8,12-16H2,1H3. The molecule has 0 saturated carbocycles. The van der Waals surface area contributed by atoms with Gasteiger partial charge in [0.2, 0.25) is 0 Å². The van der Waals surface area contributed by atoms with E-state index in [0.29, 0.717) is 23.0 Å². The maximum atomic E-state index is 13.0. The first-order valence-corrected chi connectivity index (χ1v) is 12.4. The third-order valence-electron chi connectivity index (χ3n) is 7.16. The lowest BCUT2D eigenvalue weighted by Gasteiger charge is -2.36. The Bertz CT molecular complexity index is 1230. The highest BCUT2D eigenvalue weighted by molar-refractivity contribution is 5.98. The number of hydrogen-bond acceptors (Lipinski definition) is 5. The molecule has 1 fully saturated rings. The Hall–Kier alpha value is -3.23. The van der Waals surface area contributed by atoms with E-state index < -0.39 is 6.43 Å². The van der Waals surface area contributed by atoms with Crippen LogP contribution >= 0.6 is 0 Å². The number of allylic oxidation sites excluding steroid dienone is 1. The molecule has 188 valence electrons. The van der Waals surface area contributed by atoms with Gasteiger partial charge in [-0.2, -0.15) is 5.10 Å². The van der Waals surface area contributed by atoms with Gasteiger partial charge in [-0.3, -0.25) is 14.7 Å². The van der Waals surface area contributed by atoms with Crippen LogP contribution in [0.5, 0.6) is 0 Å². The molecule has 2 aliphatic rings. The van der Waals surface area contributed by atoms with Crippen molar-refractivity contribution in [3.05, 3.63) is 82.9 Å². The highest BCUT2D eigenvalue weighted by Crippen LogP contribution is 2.29. The zero-order chi connectivity index (χ0) is 25.1. The van der Waals surface area contributed by atoms with Crippen molar-refractivity contribution >= 4 is 11.4 Å². The maximum absolute atomic E-state index is 13.0. The summed E-state index contributed by atoms with van der Waals surface area (Å²) < 4.78 is 32.7. The summed E-state index contributed by atoms with van der Waals surface area (Å²) in [6.07, 6.45) is 6.50. The van der Waals surface area contributed by atoms with Gasteiger partial charge in [0.1, 0.15) is 0 Å². The van der Waals surface area contributed by atoms with Crippen molar-refractivity contribution in [2.75, 3.05) is 26.3 Å². The van der Waals surface area contributed by atoms with Gasteiger partial charge in [0.25, 0.3) is 6.43 Å². The van der Waals surface area contributed by atoms with Gasteiger partial charge >= 0.3 is 0 Å². The molecule has 0 bridgehead atoms. The van der Waals surface area contributed by atoms with E-state index in [-0.39, 0.29) is 17.8 Å². The van der Waals surface area contributed by atoms with Crippen molar-refractivity contribution < 1.29 is 18.3 Å². The van der Waals surface area contributed by atoms with E-state index in [0.717, 1.165) is 56.8 Å². The number of morpholine rings is 1. The number of alkyl halides is 2. The lowest BCUT2D eigenvalue weighted by atomic mass is 9.91. The molecule has 3 aromatic rings. The number of ketones is 1. The molecule has 1 aliphatic heterocycles. The van der Waals surface area contributed by atoms with Crippen LogP contribution in [0.2, 0.25) is 0 Å². The molecule has 1 atom stereocenters. The van der Waals surface area contributed by atoms with Crippen LogP contribution in [-0.4, -0.2) is 57.8 Å².